The Morgan fingerprint density at radius 3 is 2.37 bits per heavy atom. The Labute approximate surface area is 207 Å². The summed E-state index contributed by atoms with van der Waals surface area (Å²) in [6.07, 6.45) is 0. The number of H-pyrrole nitrogens is 1. The minimum absolute atomic E-state index is 0. The highest BCUT2D eigenvalue weighted by Gasteiger charge is 2.30. The van der Waals surface area contributed by atoms with Crippen molar-refractivity contribution in [3.63, 3.8) is 0 Å². The molecule has 0 spiro atoms. The molecule has 0 aliphatic rings. The zero-order valence-electron chi connectivity index (χ0n) is 18.9. The van der Waals surface area contributed by atoms with Crippen molar-refractivity contribution in [2.24, 2.45) is 11.5 Å². The standard InChI is InChI=1S/C25H22N6O3.ClH/c1-25(2,24(29)34)14-9-16(15-7-12(11-26)3-6-20(15)32)21(33)17(10-14)23-30-18-5-4-13(22(27)28)8-19(18)31-23;/h3-10,32-33H,1-2H3,(H3,27,28)(H2,29,34)(H,30,31);1H. The molecule has 0 saturated carbocycles. The van der Waals surface area contributed by atoms with Crippen LogP contribution in [-0.4, -0.2) is 31.9 Å². The lowest BCUT2D eigenvalue weighted by molar-refractivity contribution is -0.122. The Kier molecular flexibility index (Phi) is 6.45. The van der Waals surface area contributed by atoms with E-state index in [0.29, 0.717) is 28.0 Å². The minimum Gasteiger partial charge on any atom is -0.507 e. The van der Waals surface area contributed by atoms with Crippen molar-refractivity contribution in [2.45, 2.75) is 19.3 Å². The number of nitrogens with two attached hydrogens (primary N) is 2. The van der Waals surface area contributed by atoms with Crippen molar-refractivity contribution in [3.05, 3.63) is 65.2 Å². The van der Waals surface area contributed by atoms with Crippen molar-refractivity contribution in [3.8, 4) is 40.1 Å². The number of hydrogen-bond acceptors (Lipinski definition) is 6. The number of phenols is 2. The SMILES string of the molecule is CC(C)(C(N)=O)c1cc(-c2nc3cc(C(=N)N)ccc3[nH]2)c(O)c(-c2cc(C#N)ccc2O)c1.Cl. The number of carbonyl (C=O) groups excluding carboxylic acids is 1. The van der Waals surface area contributed by atoms with Crippen LogP contribution in [-0.2, 0) is 10.2 Å². The number of benzene rings is 3. The molecule has 0 saturated heterocycles. The molecule has 1 aromatic heterocycles. The zero-order valence-corrected chi connectivity index (χ0v) is 19.7. The van der Waals surface area contributed by atoms with Crippen LogP contribution in [0.15, 0.2) is 48.5 Å². The molecule has 0 aliphatic carbocycles. The van der Waals surface area contributed by atoms with Gasteiger partial charge in [0.15, 0.2) is 0 Å². The Hall–Kier alpha value is -4.55. The maximum absolute atomic E-state index is 12.2. The number of rotatable bonds is 5. The van der Waals surface area contributed by atoms with E-state index in [-0.39, 0.29) is 52.0 Å². The predicted molar refractivity (Wildman–Crippen MR) is 135 cm³/mol. The number of nitriles is 1. The van der Waals surface area contributed by atoms with E-state index < -0.39 is 11.3 Å². The number of halogens is 1. The molecule has 8 N–H and O–H groups in total. The third-order valence-electron chi connectivity index (χ3n) is 5.91. The lowest BCUT2D eigenvalue weighted by atomic mass is 9.81. The second kappa shape index (κ2) is 9.00. The number of aromatic nitrogens is 2. The van der Waals surface area contributed by atoms with Crippen LogP contribution in [0.25, 0.3) is 33.5 Å². The number of nitrogen functional groups attached to an aromatic ring is 1. The van der Waals surface area contributed by atoms with Gasteiger partial charge < -0.3 is 26.7 Å². The molecule has 10 heteroatoms. The van der Waals surface area contributed by atoms with Crippen LogP contribution in [0.4, 0.5) is 0 Å². The molecule has 0 fully saturated rings. The molecule has 9 nitrogen and oxygen atoms in total. The van der Waals surface area contributed by atoms with Crippen molar-refractivity contribution >= 4 is 35.2 Å². The highest BCUT2D eigenvalue weighted by Crippen LogP contribution is 2.44. The molecular formula is C25H23ClN6O3. The van der Waals surface area contributed by atoms with Crippen molar-refractivity contribution in [2.75, 3.05) is 0 Å². The first-order valence-corrected chi connectivity index (χ1v) is 10.3. The Balaban J connectivity index is 0.00000342. The van der Waals surface area contributed by atoms with Crippen LogP contribution in [0.1, 0.15) is 30.5 Å². The molecule has 0 radical (unpaired) electrons. The summed E-state index contributed by atoms with van der Waals surface area (Å²) in [5, 5.41) is 38.7. The van der Waals surface area contributed by atoms with E-state index in [0.717, 1.165) is 0 Å². The number of nitrogens with one attached hydrogen (secondary N) is 2. The summed E-state index contributed by atoms with van der Waals surface area (Å²) in [6, 6.07) is 14.5. The first-order chi connectivity index (χ1) is 16.0. The maximum Gasteiger partial charge on any atom is 0.227 e. The second-order valence-corrected chi connectivity index (χ2v) is 8.48. The summed E-state index contributed by atoms with van der Waals surface area (Å²) in [4.78, 5) is 19.9. The average molecular weight is 491 g/mol. The fraction of sp³-hybridized carbons (Fsp3) is 0.120. The Morgan fingerprint density at radius 2 is 1.74 bits per heavy atom. The van der Waals surface area contributed by atoms with E-state index in [4.69, 9.17) is 16.9 Å². The number of carbonyl (C=O) groups is 1. The molecule has 1 amide bonds. The number of hydrogen-bond donors (Lipinski definition) is 6. The normalized spacial score (nSPS) is 11.0. The van der Waals surface area contributed by atoms with Gasteiger partial charge in [0, 0.05) is 16.7 Å². The molecule has 4 rings (SSSR count). The van der Waals surface area contributed by atoms with Gasteiger partial charge in [-0.05, 0) is 67.9 Å². The summed E-state index contributed by atoms with van der Waals surface area (Å²) >= 11 is 0. The Morgan fingerprint density at radius 1 is 1.06 bits per heavy atom. The number of amidine groups is 1. The molecule has 1 heterocycles. The van der Waals surface area contributed by atoms with Crippen LogP contribution < -0.4 is 11.5 Å². The third-order valence-corrected chi connectivity index (χ3v) is 5.91. The van der Waals surface area contributed by atoms with E-state index in [1.165, 1.54) is 18.2 Å². The van der Waals surface area contributed by atoms with E-state index >= 15 is 0 Å². The van der Waals surface area contributed by atoms with Gasteiger partial charge in [0.25, 0.3) is 0 Å². The van der Waals surface area contributed by atoms with Crippen LogP contribution in [0.2, 0.25) is 0 Å². The van der Waals surface area contributed by atoms with Gasteiger partial charge in [0.2, 0.25) is 5.91 Å². The molecule has 0 aliphatic heterocycles. The molecular weight excluding hydrogens is 468 g/mol. The number of fused-ring (bicyclic) bond motifs is 1. The number of amides is 1. The quantitative estimate of drug-likeness (QED) is 0.183. The van der Waals surface area contributed by atoms with E-state index in [2.05, 4.69) is 9.97 Å². The number of phenolic OH excluding ortho intramolecular Hbond substituents is 2. The number of primary amides is 1. The molecule has 3 aromatic carbocycles. The van der Waals surface area contributed by atoms with Gasteiger partial charge in [0.1, 0.15) is 23.2 Å². The molecule has 0 atom stereocenters. The van der Waals surface area contributed by atoms with Crippen LogP contribution in [0, 0.1) is 16.7 Å². The molecule has 0 bridgehead atoms. The summed E-state index contributed by atoms with van der Waals surface area (Å²) in [5.41, 5.74) is 13.2. The first-order valence-electron chi connectivity index (χ1n) is 10.3. The second-order valence-electron chi connectivity index (χ2n) is 8.48. The minimum atomic E-state index is -1.12. The number of aromatic hydroxyl groups is 2. The van der Waals surface area contributed by atoms with E-state index in [9.17, 15) is 20.3 Å². The topological polar surface area (TPSA) is 186 Å². The predicted octanol–water partition coefficient (Wildman–Crippen LogP) is 3.65. The van der Waals surface area contributed by atoms with E-state index in [1.54, 1.807) is 44.2 Å². The highest BCUT2D eigenvalue weighted by atomic mass is 35.5. The van der Waals surface area contributed by atoms with Gasteiger partial charge in [-0.15, -0.1) is 12.4 Å². The maximum atomic E-state index is 12.2. The zero-order chi connectivity index (χ0) is 24.8. The lowest BCUT2D eigenvalue weighted by Gasteiger charge is -2.23. The van der Waals surface area contributed by atoms with Crippen LogP contribution in [0.5, 0.6) is 11.5 Å². The lowest BCUT2D eigenvalue weighted by Crippen LogP contribution is -2.35. The van der Waals surface area contributed by atoms with E-state index in [1.807, 2.05) is 6.07 Å². The molecule has 4 aromatic rings. The van der Waals surface area contributed by atoms with Gasteiger partial charge in [-0.1, -0.05) is 0 Å². The molecule has 0 unspecified atom stereocenters. The number of imidazole rings is 1. The third kappa shape index (κ3) is 4.35. The summed E-state index contributed by atoms with van der Waals surface area (Å²) in [6.45, 7) is 3.30. The Bertz CT molecular complexity index is 1530. The molecule has 178 valence electrons. The van der Waals surface area contributed by atoms with Crippen LogP contribution in [0.3, 0.4) is 0 Å². The van der Waals surface area contributed by atoms with Crippen molar-refractivity contribution < 1.29 is 15.0 Å². The smallest absolute Gasteiger partial charge is 0.227 e. The summed E-state index contributed by atoms with van der Waals surface area (Å²) in [7, 11) is 0. The highest BCUT2D eigenvalue weighted by molar-refractivity contribution is 5.98. The fourth-order valence-electron chi connectivity index (χ4n) is 3.65. The van der Waals surface area contributed by atoms with Crippen molar-refractivity contribution in [1.82, 2.24) is 9.97 Å². The number of nitrogens with zero attached hydrogens (tertiary/aromatic N) is 2. The first kappa shape index (κ1) is 25.1. The summed E-state index contributed by atoms with van der Waals surface area (Å²) in [5.74, 6) is -0.742. The fourth-order valence-corrected chi connectivity index (χ4v) is 3.65. The largest absolute Gasteiger partial charge is 0.507 e. The van der Waals surface area contributed by atoms with Gasteiger partial charge in [-0.25, -0.2) is 4.98 Å². The van der Waals surface area contributed by atoms with Gasteiger partial charge >= 0.3 is 0 Å². The monoisotopic (exact) mass is 490 g/mol. The van der Waals surface area contributed by atoms with Gasteiger partial charge in [-0.3, -0.25) is 10.2 Å². The average Bonchev–Trinajstić information content (AvgIpc) is 3.22. The molecule has 35 heavy (non-hydrogen) atoms. The summed E-state index contributed by atoms with van der Waals surface area (Å²) < 4.78 is 0. The van der Waals surface area contributed by atoms with Gasteiger partial charge in [0.05, 0.1) is 33.6 Å². The van der Waals surface area contributed by atoms with Crippen LogP contribution >= 0.6 is 12.4 Å². The van der Waals surface area contributed by atoms with Gasteiger partial charge in [-0.2, -0.15) is 5.26 Å². The van der Waals surface area contributed by atoms with Crippen molar-refractivity contribution in [1.29, 1.82) is 10.7 Å². The number of aromatic amines is 1.